The van der Waals surface area contributed by atoms with Crippen LogP contribution < -0.4 is 10.5 Å². The van der Waals surface area contributed by atoms with Gasteiger partial charge in [0.2, 0.25) is 0 Å². The second-order valence-electron chi connectivity index (χ2n) is 4.39. The number of nitrogens with two attached hydrogens (primary N) is 1. The first-order chi connectivity index (χ1) is 10.1. The van der Waals surface area contributed by atoms with Gasteiger partial charge >= 0.3 is 0 Å². The maximum absolute atomic E-state index is 11.6. The second kappa shape index (κ2) is 5.42. The molecular formula is C14H13N3O2S2. The van der Waals surface area contributed by atoms with Crippen molar-refractivity contribution in [1.29, 1.82) is 0 Å². The molecule has 0 aliphatic heterocycles. The standard InChI is InChI=1S/C14H13N3O2S2/c1-7-16-11-12(10(13(15)18)17-14(11)20-7)21-9-5-3-4-8(6-9)19-2/h3-6,17H,1-2H3,(H2,15,18). The van der Waals surface area contributed by atoms with Gasteiger partial charge in [-0.3, -0.25) is 4.79 Å². The van der Waals surface area contributed by atoms with Gasteiger partial charge in [0.15, 0.2) is 0 Å². The number of nitrogens with zero attached hydrogens (tertiary/aromatic N) is 1. The molecule has 2 heterocycles. The lowest BCUT2D eigenvalue weighted by Crippen LogP contribution is -2.12. The Morgan fingerprint density at radius 1 is 1.48 bits per heavy atom. The van der Waals surface area contributed by atoms with Crippen molar-refractivity contribution < 1.29 is 9.53 Å². The lowest BCUT2D eigenvalue weighted by molar-refractivity contribution is 0.0993. The smallest absolute Gasteiger partial charge is 0.266 e. The topological polar surface area (TPSA) is 81.0 Å². The maximum Gasteiger partial charge on any atom is 0.266 e. The Morgan fingerprint density at radius 2 is 2.29 bits per heavy atom. The number of nitrogens with one attached hydrogen (secondary N) is 1. The molecule has 0 unspecified atom stereocenters. The summed E-state index contributed by atoms with van der Waals surface area (Å²) in [7, 11) is 1.62. The van der Waals surface area contributed by atoms with Crippen molar-refractivity contribution in [3.05, 3.63) is 35.0 Å². The summed E-state index contributed by atoms with van der Waals surface area (Å²) in [6.07, 6.45) is 0. The molecule has 3 rings (SSSR count). The fourth-order valence-electron chi connectivity index (χ4n) is 2.01. The lowest BCUT2D eigenvalue weighted by atomic mass is 10.3. The number of benzene rings is 1. The van der Waals surface area contributed by atoms with Gasteiger partial charge in [-0.1, -0.05) is 17.8 Å². The quantitative estimate of drug-likeness (QED) is 0.774. The van der Waals surface area contributed by atoms with Gasteiger partial charge < -0.3 is 15.5 Å². The van der Waals surface area contributed by atoms with E-state index in [-0.39, 0.29) is 0 Å². The number of hydrogen-bond acceptors (Lipinski definition) is 5. The van der Waals surface area contributed by atoms with E-state index >= 15 is 0 Å². The molecule has 3 N–H and O–H groups in total. The van der Waals surface area contributed by atoms with E-state index < -0.39 is 5.91 Å². The summed E-state index contributed by atoms with van der Waals surface area (Å²) in [6.45, 7) is 1.93. The number of aromatic nitrogens is 2. The summed E-state index contributed by atoms with van der Waals surface area (Å²) in [5.41, 5.74) is 6.64. The fraction of sp³-hybridized carbons (Fsp3) is 0.143. The third-order valence-corrected chi connectivity index (χ3v) is 4.90. The predicted molar refractivity (Wildman–Crippen MR) is 84.3 cm³/mol. The third kappa shape index (κ3) is 2.62. The number of amides is 1. The highest BCUT2D eigenvalue weighted by atomic mass is 32.2. The zero-order valence-corrected chi connectivity index (χ0v) is 13.1. The Hall–Kier alpha value is -1.99. The summed E-state index contributed by atoms with van der Waals surface area (Å²) < 4.78 is 5.22. The van der Waals surface area contributed by atoms with Crippen molar-refractivity contribution in [2.24, 2.45) is 5.73 Å². The Labute approximate surface area is 129 Å². The molecule has 0 fully saturated rings. The fourth-order valence-corrected chi connectivity index (χ4v) is 3.96. The molecule has 2 aromatic heterocycles. The molecule has 3 aromatic rings. The first-order valence-corrected chi connectivity index (χ1v) is 7.82. The van der Waals surface area contributed by atoms with Gasteiger partial charge in [-0.2, -0.15) is 0 Å². The van der Waals surface area contributed by atoms with Crippen molar-refractivity contribution in [3.8, 4) is 5.75 Å². The molecule has 1 amide bonds. The molecule has 0 aliphatic carbocycles. The van der Waals surface area contributed by atoms with E-state index in [1.165, 1.54) is 23.1 Å². The number of hydrogen-bond donors (Lipinski definition) is 2. The van der Waals surface area contributed by atoms with Crippen molar-refractivity contribution in [2.45, 2.75) is 16.7 Å². The van der Waals surface area contributed by atoms with Crippen LogP contribution in [0.1, 0.15) is 15.5 Å². The Kier molecular flexibility index (Phi) is 3.60. The van der Waals surface area contributed by atoms with E-state index in [1.54, 1.807) is 7.11 Å². The van der Waals surface area contributed by atoms with E-state index in [1.807, 2.05) is 31.2 Å². The summed E-state index contributed by atoms with van der Waals surface area (Å²) in [5, 5.41) is 0.944. The SMILES string of the molecule is COc1cccc(Sc2c(C(N)=O)[nH]c3sc(C)nc23)c1. The van der Waals surface area contributed by atoms with Crippen LogP contribution in [0, 0.1) is 6.92 Å². The average molecular weight is 319 g/mol. The number of H-pyrrole nitrogens is 1. The number of rotatable bonds is 4. The molecule has 21 heavy (non-hydrogen) atoms. The number of aromatic amines is 1. The Balaban J connectivity index is 2.09. The van der Waals surface area contributed by atoms with Crippen molar-refractivity contribution in [2.75, 3.05) is 7.11 Å². The van der Waals surface area contributed by atoms with Crippen molar-refractivity contribution in [3.63, 3.8) is 0 Å². The molecule has 0 bridgehead atoms. The van der Waals surface area contributed by atoms with Crippen LogP contribution >= 0.6 is 23.1 Å². The van der Waals surface area contributed by atoms with Crippen molar-refractivity contribution >= 4 is 39.4 Å². The van der Waals surface area contributed by atoms with Crippen LogP contribution in [0.2, 0.25) is 0 Å². The van der Waals surface area contributed by atoms with Gasteiger partial charge in [0.1, 0.15) is 21.8 Å². The van der Waals surface area contributed by atoms with E-state index in [0.29, 0.717) is 5.69 Å². The molecule has 0 saturated carbocycles. The molecule has 0 atom stereocenters. The highest BCUT2D eigenvalue weighted by molar-refractivity contribution is 7.99. The second-order valence-corrected chi connectivity index (χ2v) is 6.67. The molecule has 7 heteroatoms. The van der Waals surface area contributed by atoms with Crippen LogP contribution in [0.5, 0.6) is 5.75 Å². The minimum absolute atomic E-state index is 0.400. The van der Waals surface area contributed by atoms with Crippen LogP contribution in [0.25, 0.3) is 10.3 Å². The number of carbonyl (C=O) groups excluding carboxylic acids is 1. The minimum Gasteiger partial charge on any atom is -0.497 e. The largest absolute Gasteiger partial charge is 0.497 e. The first-order valence-electron chi connectivity index (χ1n) is 6.19. The summed E-state index contributed by atoms with van der Waals surface area (Å²) >= 11 is 2.96. The lowest BCUT2D eigenvalue weighted by Gasteiger charge is -2.04. The number of aryl methyl sites for hydroxylation is 1. The van der Waals surface area contributed by atoms with Crippen LogP contribution in [-0.2, 0) is 0 Å². The van der Waals surface area contributed by atoms with Gasteiger partial charge in [0, 0.05) is 4.90 Å². The molecule has 5 nitrogen and oxygen atoms in total. The van der Waals surface area contributed by atoms with Gasteiger partial charge in [-0.25, -0.2) is 4.98 Å². The average Bonchev–Trinajstić information content (AvgIpc) is 2.97. The summed E-state index contributed by atoms with van der Waals surface area (Å²) in [5.74, 6) is 0.283. The van der Waals surface area contributed by atoms with Gasteiger partial charge in [0.25, 0.3) is 5.91 Å². The van der Waals surface area contributed by atoms with Crippen molar-refractivity contribution in [1.82, 2.24) is 9.97 Å². The molecule has 0 aliphatic rings. The number of methoxy groups -OCH3 is 1. The monoisotopic (exact) mass is 319 g/mol. The Morgan fingerprint density at radius 3 is 3.00 bits per heavy atom. The van der Waals surface area contributed by atoms with E-state index in [9.17, 15) is 4.79 Å². The number of ether oxygens (including phenoxy) is 1. The van der Waals surface area contributed by atoms with Crippen LogP contribution in [0.15, 0.2) is 34.1 Å². The highest BCUT2D eigenvalue weighted by Crippen LogP contribution is 2.38. The van der Waals surface area contributed by atoms with Crippen LogP contribution in [-0.4, -0.2) is 23.0 Å². The van der Waals surface area contributed by atoms with E-state index in [2.05, 4.69) is 9.97 Å². The van der Waals surface area contributed by atoms with Gasteiger partial charge in [-0.15, -0.1) is 11.3 Å². The number of thiazole rings is 1. The molecule has 0 saturated heterocycles. The number of primary amides is 1. The maximum atomic E-state index is 11.6. The Bertz CT molecular complexity index is 823. The van der Waals surface area contributed by atoms with Gasteiger partial charge in [-0.05, 0) is 25.1 Å². The molecule has 108 valence electrons. The van der Waals surface area contributed by atoms with E-state index in [0.717, 1.165) is 30.9 Å². The van der Waals surface area contributed by atoms with Crippen LogP contribution in [0.3, 0.4) is 0 Å². The first kappa shape index (κ1) is 14.0. The zero-order valence-electron chi connectivity index (χ0n) is 11.5. The predicted octanol–water partition coefficient (Wildman–Crippen LogP) is 3.19. The zero-order chi connectivity index (χ0) is 15.0. The molecule has 1 aromatic carbocycles. The van der Waals surface area contributed by atoms with Crippen LogP contribution in [0.4, 0.5) is 0 Å². The number of carbonyl (C=O) groups is 1. The van der Waals surface area contributed by atoms with E-state index in [4.69, 9.17) is 10.5 Å². The third-order valence-electron chi connectivity index (χ3n) is 2.92. The number of fused-ring (bicyclic) bond motifs is 1. The molecule has 0 spiro atoms. The minimum atomic E-state index is -0.483. The normalized spacial score (nSPS) is 11.0. The molecular weight excluding hydrogens is 306 g/mol. The molecule has 0 radical (unpaired) electrons. The summed E-state index contributed by atoms with van der Waals surface area (Å²) in [4.78, 5) is 21.8. The summed E-state index contributed by atoms with van der Waals surface area (Å²) in [6, 6.07) is 7.64. The highest BCUT2D eigenvalue weighted by Gasteiger charge is 2.20. The van der Waals surface area contributed by atoms with Gasteiger partial charge in [0.05, 0.1) is 17.0 Å².